The first-order chi connectivity index (χ1) is 15.8. The molecule has 34 heavy (non-hydrogen) atoms. The minimum atomic E-state index is -4.49. The lowest BCUT2D eigenvalue weighted by Crippen LogP contribution is -2.59. The molecule has 2 saturated heterocycles. The number of hydrogen-bond acceptors (Lipinski definition) is 4. The van der Waals surface area contributed by atoms with Gasteiger partial charge in [-0.25, -0.2) is 8.42 Å². The molecule has 2 fully saturated rings. The van der Waals surface area contributed by atoms with Crippen molar-refractivity contribution >= 4 is 39.1 Å². The molecule has 4 rings (SSSR count). The van der Waals surface area contributed by atoms with Crippen LogP contribution in [0.1, 0.15) is 30.9 Å². The third-order valence-electron chi connectivity index (χ3n) is 6.31. The largest absolute Gasteiger partial charge is 0.416 e. The molecule has 12 heteroatoms. The van der Waals surface area contributed by atoms with E-state index in [0.29, 0.717) is 5.56 Å². The molecule has 0 saturated carbocycles. The number of sulfonamides is 1. The molecule has 2 aromatic carbocycles. The van der Waals surface area contributed by atoms with Crippen LogP contribution >= 0.6 is 23.2 Å². The number of nitrogens with zero attached hydrogens (tertiary/aromatic N) is 2. The molecule has 0 aromatic heterocycles. The van der Waals surface area contributed by atoms with E-state index in [4.69, 9.17) is 23.2 Å². The number of nitrogens with one attached hydrogen (secondary N) is 1. The maximum Gasteiger partial charge on any atom is 0.416 e. The fourth-order valence-electron chi connectivity index (χ4n) is 4.54. The van der Waals surface area contributed by atoms with Gasteiger partial charge in [-0.05, 0) is 55.7 Å². The van der Waals surface area contributed by atoms with Gasteiger partial charge in [-0.2, -0.15) is 17.5 Å². The Balaban J connectivity index is 1.55. The van der Waals surface area contributed by atoms with Gasteiger partial charge < -0.3 is 4.90 Å². The predicted molar refractivity (Wildman–Crippen MR) is 122 cm³/mol. The summed E-state index contributed by atoms with van der Waals surface area (Å²) in [4.78, 5) is 14.5. The lowest BCUT2D eigenvalue weighted by molar-refractivity contribution is -0.137. The summed E-state index contributed by atoms with van der Waals surface area (Å²) >= 11 is 11.9. The summed E-state index contributed by atoms with van der Waals surface area (Å²) in [6, 6.07) is 8.43. The average Bonchev–Trinajstić information content (AvgIpc) is 2.99. The van der Waals surface area contributed by atoms with Gasteiger partial charge in [0.25, 0.3) is 0 Å². The molecule has 0 bridgehead atoms. The first kappa shape index (κ1) is 25.2. The first-order valence-electron chi connectivity index (χ1n) is 10.5. The van der Waals surface area contributed by atoms with Crippen molar-refractivity contribution in [3.05, 3.63) is 63.6 Å². The highest BCUT2D eigenvalue weighted by Crippen LogP contribution is 2.37. The molecule has 2 aliphatic heterocycles. The van der Waals surface area contributed by atoms with E-state index < -0.39 is 33.5 Å². The second kappa shape index (κ2) is 8.98. The van der Waals surface area contributed by atoms with Crippen molar-refractivity contribution in [2.24, 2.45) is 0 Å². The SMILES string of the molecule is C[C@@H]1NC2(CCN(S(=O)(=O)c3ccc(Cl)c(Cl)c3)CC2)N(Cc2cccc(C(F)(F)F)c2)C1=O. The Kier molecular flexibility index (Phi) is 6.67. The van der Waals surface area contributed by atoms with Crippen LogP contribution in [0.4, 0.5) is 13.2 Å². The minimum absolute atomic E-state index is 0.0143. The molecule has 0 radical (unpaired) electrons. The Morgan fingerprint density at radius 2 is 1.76 bits per heavy atom. The fourth-order valence-corrected chi connectivity index (χ4v) is 6.37. The Labute approximate surface area is 205 Å². The zero-order chi connectivity index (χ0) is 24.9. The van der Waals surface area contributed by atoms with Gasteiger partial charge >= 0.3 is 6.18 Å². The number of rotatable bonds is 4. The standard InChI is InChI=1S/C22H22Cl2F3N3O3S/c1-14-20(31)30(13-15-3-2-4-16(11-15)22(25,26)27)21(28-14)7-9-29(10-8-21)34(32,33)17-5-6-18(23)19(24)12-17/h2-6,11-12,14,28H,7-10,13H2,1H3/t14-/m0/s1. The van der Waals surface area contributed by atoms with E-state index >= 15 is 0 Å². The summed E-state index contributed by atoms with van der Waals surface area (Å²) in [5.74, 6) is -0.238. The number of carbonyl (C=O) groups excluding carboxylic acids is 1. The lowest BCUT2D eigenvalue weighted by atomic mass is 9.96. The second-order valence-electron chi connectivity index (χ2n) is 8.50. The Morgan fingerprint density at radius 3 is 2.38 bits per heavy atom. The van der Waals surface area contributed by atoms with Crippen LogP contribution in [0, 0.1) is 0 Å². The molecular formula is C22H22Cl2F3N3O3S. The summed E-state index contributed by atoms with van der Waals surface area (Å²) in [6.45, 7) is 1.91. The van der Waals surface area contributed by atoms with Gasteiger partial charge in [0.05, 0.1) is 32.2 Å². The topological polar surface area (TPSA) is 69.7 Å². The maximum absolute atomic E-state index is 13.1. The van der Waals surface area contributed by atoms with Crippen LogP contribution in [0.25, 0.3) is 0 Å². The summed E-state index contributed by atoms with van der Waals surface area (Å²) < 4.78 is 66.9. The molecule has 1 atom stereocenters. The molecule has 1 spiro atoms. The van der Waals surface area contributed by atoms with Crippen molar-refractivity contribution in [2.45, 2.75) is 49.1 Å². The molecule has 1 N–H and O–H groups in total. The van der Waals surface area contributed by atoms with Crippen LogP contribution < -0.4 is 5.32 Å². The quantitative estimate of drug-likeness (QED) is 0.625. The van der Waals surface area contributed by atoms with Crippen molar-refractivity contribution < 1.29 is 26.4 Å². The number of benzene rings is 2. The van der Waals surface area contributed by atoms with Crippen molar-refractivity contribution in [1.29, 1.82) is 0 Å². The highest BCUT2D eigenvalue weighted by atomic mass is 35.5. The van der Waals surface area contributed by atoms with Crippen molar-refractivity contribution in [2.75, 3.05) is 13.1 Å². The molecular weight excluding hydrogens is 514 g/mol. The number of hydrogen-bond donors (Lipinski definition) is 1. The van der Waals surface area contributed by atoms with E-state index in [9.17, 15) is 26.4 Å². The molecule has 1 amide bonds. The first-order valence-corrected chi connectivity index (χ1v) is 12.7. The Morgan fingerprint density at radius 1 is 1.09 bits per heavy atom. The number of alkyl halides is 3. The molecule has 2 aliphatic rings. The third-order valence-corrected chi connectivity index (χ3v) is 8.95. The number of carbonyl (C=O) groups is 1. The Hall–Kier alpha value is -1.85. The maximum atomic E-state index is 13.1. The highest BCUT2D eigenvalue weighted by molar-refractivity contribution is 7.89. The van der Waals surface area contributed by atoms with Gasteiger partial charge in [0, 0.05) is 19.6 Å². The van der Waals surface area contributed by atoms with Crippen LogP contribution in [-0.2, 0) is 27.5 Å². The van der Waals surface area contributed by atoms with E-state index in [1.165, 1.54) is 33.5 Å². The van der Waals surface area contributed by atoms with Crippen LogP contribution in [-0.4, -0.2) is 48.3 Å². The zero-order valence-corrected chi connectivity index (χ0v) is 20.4. The fraction of sp³-hybridized carbons (Fsp3) is 0.409. The predicted octanol–water partition coefficient (Wildman–Crippen LogP) is 4.51. The van der Waals surface area contributed by atoms with Crippen LogP contribution in [0.5, 0.6) is 0 Å². The molecule has 2 heterocycles. The molecule has 6 nitrogen and oxygen atoms in total. The van der Waals surface area contributed by atoms with Crippen LogP contribution in [0.2, 0.25) is 10.0 Å². The van der Waals surface area contributed by atoms with Crippen molar-refractivity contribution in [1.82, 2.24) is 14.5 Å². The minimum Gasteiger partial charge on any atom is -0.319 e. The zero-order valence-electron chi connectivity index (χ0n) is 18.1. The summed E-state index contributed by atoms with van der Waals surface area (Å²) in [7, 11) is -3.84. The number of halogens is 5. The van der Waals surface area contributed by atoms with Gasteiger partial charge in [0.2, 0.25) is 15.9 Å². The molecule has 0 unspecified atom stereocenters. The second-order valence-corrected chi connectivity index (χ2v) is 11.3. The third kappa shape index (κ3) is 4.66. The smallest absolute Gasteiger partial charge is 0.319 e. The summed E-state index contributed by atoms with van der Waals surface area (Å²) in [6.07, 6.45) is -3.93. The van der Waals surface area contributed by atoms with Gasteiger partial charge in [-0.3, -0.25) is 10.1 Å². The number of amides is 1. The van der Waals surface area contributed by atoms with E-state index in [0.717, 1.165) is 12.1 Å². The monoisotopic (exact) mass is 535 g/mol. The van der Waals surface area contributed by atoms with E-state index in [1.807, 2.05) is 0 Å². The van der Waals surface area contributed by atoms with Gasteiger partial charge in [-0.1, -0.05) is 35.3 Å². The summed E-state index contributed by atoms with van der Waals surface area (Å²) in [5, 5.41) is 3.62. The average molecular weight is 536 g/mol. The lowest BCUT2D eigenvalue weighted by Gasteiger charge is -2.44. The normalized spacial score (nSPS) is 21.4. The van der Waals surface area contributed by atoms with E-state index in [1.54, 1.807) is 13.0 Å². The van der Waals surface area contributed by atoms with Crippen LogP contribution in [0.15, 0.2) is 47.4 Å². The van der Waals surface area contributed by atoms with Crippen molar-refractivity contribution in [3.8, 4) is 0 Å². The van der Waals surface area contributed by atoms with Gasteiger partial charge in [0.1, 0.15) is 0 Å². The number of piperidine rings is 1. The Bertz CT molecular complexity index is 1220. The van der Waals surface area contributed by atoms with E-state index in [2.05, 4.69) is 5.32 Å². The molecule has 0 aliphatic carbocycles. The van der Waals surface area contributed by atoms with Gasteiger partial charge in [0.15, 0.2) is 0 Å². The summed E-state index contributed by atoms with van der Waals surface area (Å²) in [5.41, 5.74) is -1.28. The highest BCUT2D eigenvalue weighted by Gasteiger charge is 2.51. The van der Waals surface area contributed by atoms with E-state index in [-0.39, 0.29) is 53.3 Å². The van der Waals surface area contributed by atoms with Crippen LogP contribution in [0.3, 0.4) is 0 Å². The molecule has 2 aromatic rings. The van der Waals surface area contributed by atoms with Crippen molar-refractivity contribution in [3.63, 3.8) is 0 Å². The van der Waals surface area contributed by atoms with Gasteiger partial charge in [-0.15, -0.1) is 0 Å². The molecule has 184 valence electrons.